The molecule has 8 heteroatoms. The highest BCUT2D eigenvalue weighted by molar-refractivity contribution is 5.86. The van der Waals surface area contributed by atoms with Crippen molar-refractivity contribution in [2.24, 2.45) is 0 Å². The van der Waals surface area contributed by atoms with Gasteiger partial charge in [0, 0.05) is 18.9 Å². The number of ether oxygens (including phenoxy) is 1. The second-order valence-corrected chi connectivity index (χ2v) is 8.30. The molecule has 0 radical (unpaired) electrons. The lowest BCUT2D eigenvalue weighted by Crippen LogP contribution is -2.47. The number of carbonyl (C=O) groups is 3. The van der Waals surface area contributed by atoms with E-state index in [1.165, 1.54) is 24.3 Å². The first-order valence-corrected chi connectivity index (χ1v) is 11.3. The molecule has 0 saturated heterocycles. The Kier molecular flexibility index (Phi) is 7.40. The number of benzene rings is 3. The van der Waals surface area contributed by atoms with Gasteiger partial charge in [-0.3, -0.25) is 9.59 Å². The van der Waals surface area contributed by atoms with Crippen LogP contribution in [0.3, 0.4) is 0 Å². The quantitative estimate of drug-likeness (QED) is 0.429. The summed E-state index contributed by atoms with van der Waals surface area (Å²) in [5.74, 6) is -2.17. The predicted octanol–water partition coefficient (Wildman–Crippen LogP) is 4.21. The monoisotopic (exact) mass is 476 g/mol. The first kappa shape index (κ1) is 23.9. The lowest BCUT2D eigenvalue weighted by atomic mass is 9.98. The molecule has 0 aromatic heterocycles. The van der Waals surface area contributed by atoms with E-state index in [1.807, 2.05) is 48.5 Å². The number of fused-ring (bicyclic) bond motifs is 3. The normalized spacial score (nSPS) is 12.8. The summed E-state index contributed by atoms with van der Waals surface area (Å²) >= 11 is 0. The minimum Gasteiger partial charge on any atom is -0.481 e. The van der Waals surface area contributed by atoms with Crippen LogP contribution in [-0.2, 0) is 20.9 Å². The highest BCUT2D eigenvalue weighted by atomic mass is 19.1. The Morgan fingerprint density at radius 3 is 2.11 bits per heavy atom. The Bertz CT molecular complexity index is 1180. The molecule has 4 rings (SSSR count). The Morgan fingerprint density at radius 1 is 0.914 bits per heavy atom. The van der Waals surface area contributed by atoms with E-state index in [9.17, 15) is 18.8 Å². The van der Waals surface area contributed by atoms with Gasteiger partial charge in [0.1, 0.15) is 18.5 Å². The van der Waals surface area contributed by atoms with Crippen LogP contribution in [0.4, 0.5) is 9.18 Å². The summed E-state index contributed by atoms with van der Waals surface area (Å²) in [6, 6.07) is 20.4. The molecule has 1 aliphatic carbocycles. The predicted molar refractivity (Wildman–Crippen MR) is 127 cm³/mol. The number of aliphatic carboxylic acids is 1. The molecule has 2 amide bonds. The molecule has 0 saturated carbocycles. The molecule has 1 aliphatic rings. The van der Waals surface area contributed by atoms with Crippen molar-refractivity contribution in [3.05, 3.63) is 95.3 Å². The molecule has 1 atom stereocenters. The minimum atomic E-state index is -1.10. The Labute approximate surface area is 201 Å². The van der Waals surface area contributed by atoms with E-state index in [0.717, 1.165) is 22.3 Å². The van der Waals surface area contributed by atoms with Crippen LogP contribution < -0.4 is 10.6 Å². The van der Waals surface area contributed by atoms with Gasteiger partial charge in [-0.15, -0.1) is 0 Å². The number of amides is 2. The van der Waals surface area contributed by atoms with Crippen molar-refractivity contribution in [1.82, 2.24) is 10.6 Å². The molecule has 0 heterocycles. The van der Waals surface area contributed by atoms with Crippen molar-refractivity contribution >= 4 is 18.0 Å². The Morgan fingerprint density at radius 2 is 1.51 bits per heavy atom. The second-order valence-electron chi connectivity index (χ2n) is 8.30. The number of halogens is 1. The number of alkyl carbamates (subject to hydrolysis) is 1. The van der Waals surface area contributed by atoms with E-state index in [-0.39, 0.29) is 31.9 Å². The number of nitrogens with one attached hydrogen (secondary N) is 2. The van der Waals surface area contributed by atoms with E-state index in [2.05, 4.69) is 10.6 Å². The highest BCUT2D eigenvalue weighted by Crippen LogP contribution is 2.44. The zero-order valence-corrected chi connectivity index (χ0v) is 18.9. The van der Waals surface area contributed by atoms with Gasteiger partial charge in [0.25, 0.3) is 0 Å². The molecular weight excluding hydrogens is 451 g/mol. The van der Waals surface area contributed by atoms with Crippen LogP contribution in [0.5, 0.6) is 0 Å². The lowest BCUT2D eigenvalue weighted by Gasteiger charge is -2.19. The van der Waals surface area contributed by atoms with E-state index in [4.69, 9.17) is 9.84 Å². The number of carboxylic acid groups (broad SMARTS) is 1. The summed E-state index contributed by atoms with van der Waals surface area (Å²) in [6.45, 7) is 0.178. The number of rotatable bonds is 9. The standard InChI is InChI=1S/C27H25FN2O5/c28-18-11-9-17(10-12-18)15-29-26(33)24(13-14-25(31)32)30-27(34)35-16-23-21-7-3-1-5-19(21)20-6-2-4-8-22(20)23/h1-12,23-24H,13-16H2,(H,29,33)(H,30,34)(H,31,32)/t24-/m0/s1. The number of carbonyl (C=O) groups excluding carboxylic acids is 2. The molecule has 35 heavy (non-hydrogen) atoms. The fourth-order valence-corrected chi connectivity index (χ4v) is 4.23. The zero-order chi connectivity index (χ0) is 24.8. The molecule has 180 valence electrons. The molecule has 0 bridgehead atoms. The van der Waals surface area contributed by atoms with E-state index < -0.39 is 29.8 Å². The summed E-state index contributed by atoms with van der Waals surface area (Å²) in [5.41, 5.74) is 4.97. The number of carboxylic acids is 1. The van der Waals surface area contributed by atoms with Crippen LogP contribution in [-0.4, -0.2) is 35.7 Å². The Balaban J connectivity index is 1.38. The third kappa shape index (κ3) is 5.84. The third-order valence-corrected chi connectivity index (χ3v) is 5.98. The van der Waals surface area contributed by atoms with Gasteiger partial charge in [-0.2, -0.15) is 0 Å². The second kappa shape index (κ2) is 10.8. The van der Waals surface area contributed by atoms with Crippen LogP contribution in [0.1, 0.15) is 35.4 Å². The van der Waals surface area contributed by atoms with Gasteiger partial charge in [-0.25, -0.2) is 9.18 Å². The van der Waals surface area contributed by atoms with Gasteiger partial charge in [0.2, 0.25) is 5.91 Å². The van der Waals surface area contributed by atoms with Crippen molar-refractivity contribution < 1.29 is 28.6 Å². The largest absolute Gasteiger partial charge is 0.481 e. The van der Waals surface area contributed by atoms with Gasteiger partial charge in [0.05, 0.1) is 0 Å². The van der Waals surface area contributed by atoms with Crippen LogP contribution in [0, 0.1) is 5.82 Å². The maximum Gasteiger partial charge on any atom is 0.407 e. The van der Waals surface area contributed by atoms with Crippen LogP contribution >= 0.6 is 0 Å². The lowest BCUT2D eigenvalue weighted by molar-refractivity contribution is -0.137. The SMILES string of the molecule is O=C(O)CC[C@H](NC(=O)OCC1c2ccccc2-c2ccccc21)C(=O)NCc1ccc(F)cc1. The summed E-state index contributed by atoms with van der Waals surface area (Å²) < 4.78 is 18.6. The molecule has 3 N–H and O–H groups in total. The molecule has 3 aromatic carbocycles. The highest BCUT2D eigenvalue weighted by Gasteiger charge is 2.30. The maximum atomic E-state index is 13.1. The molecule has 0 fully saturated rings. The average Bonchev–Trinajstić information content (AvgIpc) is 3.18. The molecule has 0 aliphatic heterocycles. The van der Waals surface area contributed by atoms with E-state index >= 15 is 0 Å². The zero-order valence-electron chi connectivity index (χ0n) is 18.9. The summed E-state index contributed by atoms with van der Waals surface area (Å²) in [5, 5.41) is 14.2. The van der Waals surface area contributed by atoms with Crippen molar-refractivity contribution in [1.29, 1.82) is 0 Å². The van der Waals surface area contributed by atoms with Gasteiger partial charge < -0.3 is 20.5 Å². The van der Waals surface area contributed by atoms with E-state index in [1.54, 1.807) is 0 Å². The summed E-state index contributed by atoms with van der Waals surface area (Å²) in [6.07, 6.45) is -1.22. The minimum absolute atomic E-state index is 0.0721. The first-order chi connectivity index (χ1) is 16.9. The fraction of sp³-hybridized carbons (Fsp3) is 0.222. The molecule has 3 aromatic rings. The summed E-state index contributed by atoms with van der Waals surface area (Å²) in [4.78, 5) is 36.3. The molecule has 7 nitrogen and oxygen atoms in total. The van der Waals surface area contributed by atoms with Gasteiger partial charge in [-0.05, 0) is 46.4 Å². The van der Waals surface area contributed by atoms with Crippen molar-refractivity contribution in [2.45, 2.75) is 31.3 Å². The number of hydrogen-bond acceptors (Lipinski definition) is 4. The smallest absolute Gasteiger partial charge is 0.407 e. The van der Waals surface area contributed by atoms with Gasteiger partial charge in [-0.1, -0.05) is 60.7 Å². The maximum absolute atomic E-state index is 13.1. The van der Waals surface area contributed by atoms with Crippen LogP contribution in [0.15, 0.2) is 72.8 Å². The topological polar surface area (TPSA) is 105 Å². The summed E-state index contributed by atoms with van der Waals surface area (Å²) in [7, 11) is 0. The van der Waals surface area contributed by atoms with Gasteiger partial charge >= 0.3 is 12.1 Å². The van der Waals surface area contributed by atoms with Crippen molar-refractivity contribution in [2.75, 3.05) is 6.61 Å². The fourth-order valence-electron chi connectivity index (χ4n) is 4.23. The first-order valence-electron chi connectivity index (χ1n) is 11.3. The average molecular weight is 477 g/mol. The van der Waals surface area contributed by atoms with E-state index in [0.29, 0.717) is 5.56 Å². The molecule has 0 unspecified atom stereocenters. The van der Waals surface area contributed by atoms with Crippen LogP contribution in [0.25, 0.3) is 11.1 Å². The number of hydrogen-bond donors (Lipinski definition) is 3. The van der Waals surface area contributed by atoms with Crippen molar-refractivity contribution in [3.8, 4) is 11.1 Å². The molecule has 0 spiro atoms. The Hall–Kier alpha value is -4.20. The third-order valence-electron chi connectivity index (χ3n) is 5.98. The van der Waals surface area contributed by atoms with Crippen molar-refractivity contribution in [3.63, 3.8) is 0 Å². The van der Waals surface area contributed by atoms with Gasteiger partial charge in [0.15, 0.2) is 0 Å². The van der Waals surface area contributed by atoms with Crippen LogP contribution in [0.2, 0.25) is 0 Å². The molecular formula is C27H25FN2O5.